The predicted molar refractivity (Wildman–Crippen MR) is 92.1 cm³/mol. The lowest BCUT2D eigenvalue weighted by atomic mass is 10.0. The van der Waals surface area contributed by atoms with Gasteiger partial charge in [0.25, 0.3) is 0 Å². The van der Waals surface area contributed by atoms with Gasteiger partial charge in [-0.1, -0.05) is 30.3 Å². The number of nitrogens with one attached hydrogen (secondary N) is 1. The second kappa shape index (κ2) is 8.86. The summed E-state index contributed by atoms with van der Waals surface area (Å²) in [4.78, 5) is 22.9. The number of aryl methyl sites for hydroxylation is 1. The second-order valence-electron chi connectivity index (χ2n) is 5.92. The summed E-state index contributed by atoms with van der Waals surface area (Å²) in [6, 6.07) is 9.04. The van der Waals surface area contributed by atoms with E-state index in [-0.39, 0.29) is 19.1 Å². The van der Waals surface area contributed by atoms with Crippen molar-refractivity contribution in [3.8, 4) is 0 Å². The fourth-order valence-electron chi connectivity index (χ4n) is 2.46. The minimum atomic E-state index is -0.896. The summed E-state index contributed by atoms with van der Waals surface area (Å²) < 4.78 is 6.97. The molecule has 2 rings (SSSR count). The van der Waals surface area contributed by atoms with Gasteiger partial charge in [-0.3, -0.25) is 9.48 Å². The molecule has 0 fully saturated rings. The number of carboxylic acid groups (broad SMARTS) is 1. The molecule has 1 heterocycles. The van der Waals surface area contributed by atoms with Gasteiger partial charge in [-0.05, 0) is 30.9 Å². The number of aromatic nitrogens is 2. The van der Waals surface area contributed by atoms with Crippen molar-refractivity contribution < 1.29 is 19.4 Å². The largest absolute Gasteiger partial charge is 0.481 e. The van der Waals surface area contributed by atoms with E-state index in [9.17, 15) is 9.59 Å². The Kier molecular flexibility index (Phi) is 6.56. The summed E-state index contributed by atoms with van der Waals surface area (Å²) in [6.45, 7) is 2.11. The maximum Gasteiger partial charge on any atom is 0.407 e. The van der Waals surface area contributed by atoms with Crippen LogP contribution in [0, 0.1) is 6.92 Å². The lowest BCUT2D eigenvalue weighted by Gasteiger charge is -2.18. The Labute approximate surface area is 146 Å². The van der Waals surface area contributed by atoms with E-state index in [0.29, 0.717) is 12.8 Å². The van der Waals surface area contributed by atoms with Crippen molar-refractivity contribution in [2.75, 3.05) is 0 Å². The highest BCUT2D eigenvalue weighted by molar-refractivity contribution is 5.68. The van der Waals surface area contributed by atoms with Crippen LogP contribution >= 0.6 is 0 Å². The Hall–Kier alpha value is -2.83. The number of carbonyl (C=O) groups is 2. The van der Waals surface area contributed by atoms with Crippen LogP contribution in [0.25, 0.3) is 0 Å². The van der Waals surface area contributed by atoms with E-state index in [1.165, 1.54) is 0 Å². The molecule has 0 spiro atoms. The van der Waals surface area contributed by atoms with Crippen LogP contribution in [0.15, 0.2) is 36.5 Å². The van der Waals surface area contributed by atoms with Crippen molar-refractivity contribution in [2.24, 2.45) is 7.05 Å². The van der Waals surface area contributed by atoms with Gasteiger partial charge in [0.15, 0.2) is 0 Å². The Morgan fingerprint density at radius 3 is 2.64 bits per heavy atom. The van der Waals surface area contributed by atoms with Gasteiger partial charge in [0.2, 0.25) is 0 Å². The molecule has 0 aliphatic carbocycles. The van der Waals surface area contributed by atoms with Crippen molar-refractivity contribution >= 4 is 12.1 Å². The van der Waals surface area contributed by atoms with Gasteiger partial charge in [0.05, 0.1) is 6.20 Å². The van der Waals surface area contributed by atoms with E-state index in [1.54, 1.807) is 10.9 Å². The van der Waals surface area contributed by atoms with Gasteiger partial charge in [0, 0.05) is 25.2 Å². The first-order chi connectivity index (χ1) is 12.0. The molecule has 2 N–H and O–H groups in total. The maximum atomic E-state index is 12.1. The van der Waals surface area contributed by atoms with Crippen LogP contribution in [0.1, 0.15) is 29.7 Å². The van der Waals surface area contributed by atoms with Crippen molar-refractivity contribution in [3.63, 3.8) is 0 Å². The van der Waals surface area contributed by atoms with Gasteiger partial charge in [-0.2, -0.15) is 5.10 Å². The summed E-state index contributed by atoms with van der Waals surface area (Å²) in [5.41, 5.74) is 2.85. The predicted octanol–water partition coefficient (Wildman–Crippen LogP) is 2.43. The number of rotatable bonds is 8. The first-order valence-electron chi connectivity index (χ1n) is 8.12. The lowest BCUT2D eigenvalue weighted by Crippen LogP contribution is -2.37. The molecule has 2 aromatic rings. The highest BCUT2D eigenvalue weighted by atomic mass is 16.5. The van der Waals surface area contributed by atoms with Crippen LogP contribution in [0.2, 0.25) is 0 Å². The van der Waals surface area contributed by atoms with Crippen LogP contribution in [0.4, 0.5) is 4.79 Å². The van der Waals surface area contributed by atoms with Crippen molar-refractivity contribution in [2.45, 2.75) is 38.8 Å². The van der Waals surface area contributed by atoms with Crippen LogP contribution in [0.5, 0.6) is 0 Å². The lowest BCUT2D eigenvalue weighted by molar-refractivity contribution is -0.137. The number of carbonyl (C=O) groups excluding carboxylic acids is 1. The van der Waals surface area contributed by atoms with E-state index in [4.69, 9.17) is 9.84 Å². The molecule has 7 heteroatoms. The quantitative estimate of drug-likeness (QED) is 0.766. The molecule has 1 aromatic heterocycles. The SMILES string of the molecule is Cc1c(CC(CCC(=O)O)NC(=O)OCc2ccccc2)cnn1C. The van der Waals surface area contributed by atoms with Gasteiger partial charge < -0.3 is 15.2 Å². The van der Waals surface area contributed by atoms with Gasteiger partial charge in [-0.25, -0.2) is 4.79 Å². The number of hydrogen-bond acceptors (Lipinski definition) is 4. The molecule has 1 aromatic carbocycles. The summed E-state index contributed by atoms with van der Waals surface area (Å²) in [5, 5.41) is 15.9. The van der Waals surface area contributed by atoms with Crippen molar-refractivity contribution in [3.05, 3.63) is 53.3 Å². The van der Waals surface area contributed by atoms with Crippen LogP contribution < -0.4 is 5.32 Å². The molecule has 25 heavy (non-hydrogen) atoms. The standard InChI is InChI=1S/C18H23N3O4/c1-13-15(11-19-21(13)2)10-16(8-9-17(22)23)20-18(24)25-12-14-6-4-3-5-7-14/h3-7,11,16H,8-10,12H2,1-2H3,(H,20,24)(H,22,23). The minimum Gasteiger partial charge on any atom is -0.481 e. The summed E-state index contributed by atoms with van der Waals surface area (Å²) >= 11 is 0. The Morgan fingerprint density at radius 2 is 2.04 bits per heavy atom. The number of ether oxygens (including phenoxy) is 1. The van der Waals surface area contributed by atoms with E-state index in [2.05, 4.69) is 10.4 Å². The molecule has 0 saturated heterocycles. The van der Waals surface area contributed by atoms with Gasteiger partial charge >= 0.3 is 12.1 Å². The normalized spacial score (nSPS) is 11.8. The number of benzene rings is 1. The molecule has 1 unspecified atom stereocenters. The zero-order valence-electron chi connectivity index (χ0n) is 14.4. The smallest absolute Gasteiger partial charge is 0.407 e. The third-order valence-corrected chi connectivity index (χ3v) is 4.04. The zero-order chi connectivity index (χ0) is 18.2. The summed E-state index contributed by atoms with van der Waals surface area (Å²) in [6.07, 6.45) is 1.99. The number of aliphatic carboxylic acids is 1. The molecule has 1 amide bonds. The maximum absolute atomic E-state index is 12.1. The Balaban J connectivity index is 1.93. The van der Waals surface area contributed by atoms with E-state index in [1.807, 2.05) is 44.3 Å². The molecular formula is C18H23N3O4. The first-order valence-corrected chi connectivity index (χ1v) is 8.12. The molecule has 0 aliphatic heterocycles. The number of amides is 1. The monoisotopic (exact) mass is 345 g/mol. The number of hydrogen-bond donors (Lipinski definition) is 2. The van der Waals surface area contributed by atoms with Crippen LogP contribution in [0.3, 0.4) is 0 Å². The number of carboxylic acids is 1. The highest BCUT2D eigenvalue weighted by Crippen LogP contribution is 2.12. The number of alkyl carbamates (subject to hydrolysis) is 1. The third kappa shape index (κ3) is 5.95. The fourth-order valence-corrected chi connectivity index (χ4v) is 2.46. The summed E-state index contributed by atoms with van der Waals surface area (Å²) in [7, 11) is 1.84. The molecular weight excluding hydrogens is 322 g/mol. The molecule has 0 bridgehead atoms. The minimum absolute atomic E-state index is 0.0249. The van der Waals surface area contributed by atoms with Gasteiger partial charge in [0.1, 0.15) is 6.61 Å². The highest BCUT2D eigenvalue weighted by Gasteiger charge is 2.18. The Morgan fingerprint density at radius 1 is 1.32 bits per heavy atom. The average molecular weight is 345 g/mol. The molecule has 7 nitrogen and oxygen atoms in total. The zero-order valence-corrected chi connectivity index (χ0v) is 14.4. The van der Waals surface area contributed by atoms with Crippen LogP contribution in [-0.4, -0.2) is 33.0 Å². The topological polar surface area (TPSA) is 93.5 Å². The summed E-state index contributed by atoms with van der Waals surface area (Å²) in [5.74, 6) is -0.896. The van der Waals surface area contributed by atoms with E-state index >= 15 is 0 Å². The molecule has 1 atom stereocenters. The van der Waals surface area contributed by atoms with Crippen LogP contribution in [-0.2, 0) is 29.6 Å². The average Bonchev–Trinajstić information content (AvgIpc) is 2.91. The van der Waals surface area contributed by atoms with E-state index < -0.39 is 12.1 Å². The van der Waals surface area contributed by atoms with E-state index in [0.717, 1.165) is 16.8 Å². The van der Waals surface area contributed by atoms with Gasteiger partial charge in [-0.15, -0.1) is 0 Å². The molecule has 134 valence electrons. The number of nitrogens with zero attached hydrogens (tertiary/aromatic N) is 2. The second-order valence-corrected chi connectivity index (χ2v) is 5.92. The first kappa shape index (κ1) is 18.5. The molecule has 0 saturated carbocycles. The third-order valence-electron chi connectivity index (χ3n) is 4.04. The fraction of sp³-hybridized carbons (Fsp3) is 0.389. The Bertz CT molecular complexity index is 712. The van der Waals surface area contributed by atoms with Crippen molar-refractivity contribution in [1.82, 2.24) is 15.1 Å². The molecule has 0 aliphatic rings. The van der Waals surface area contributed by atoms with Crippen molar-refractivity contribution in [1.29, 1.82) is 0 Å². The molecule has 0 radical (unpaired) electrons.